The summed E-state index contributed by atoms with van der Waals surface area (Å²) in [7, 11) is 4.09. The van der Waals surface area contributed by atoms with Crippen molar-refractivity contribution in [1.29, 1.82) is 0 Å². The van der Waals surface area contributed by atoms with Crippen molar-refractivity contribution in [1.82, 2.24) is 0 Å². The molecule has 98 valence electrons. The molecule has 0 radical (unpaired) electrons. The van der Waals surface area contributed by atoms with E-state index in [-0.39, 0.29) is 18.6 Å². The lowest BCUT2D eigenvalue weighted by atomic mass is 10.3. The van der Waals surface area contributed by atoms with E-state index in [4.69, 9.17) is 4.74 Å². The molecule has 1 aromatic rings. The second kappa shape index (κ2) is 8.31. The van der Waals surface area contributed by atoms with Crippen LogP contribution in [0.1, 0.15) is 32.9 Å². The quantitative estimate of drug-likeness (QED) is 0.500. The first-order valence-corrected chi connectivity index (χ1v) is 5.95. The van der Waals surface area contributed by atoms with Gasteiger partial charge in [-0.15, -0.1) is 0 Å². The second-order valence-corrected chi connectivity index (χ2v) is 4.22. The van der Waals surface area contributed by atoms with Gasteiger partial charge in [0.25, 0.3) is 6.23 Å². The van der Waals surface area contributed by atoms with Crippen LogP contribution in [0.15, 0.2) is 24.5 Å². The molecule has 3 nitrogen and oxygen atoms in total. The van der Waals surface area contributed by atoms with Crippen molar-refractivity contribution in [3.05, 3.63) is 24.5 Å². The summed E-state index contributed by atoms with van der Waals surface area (Å²) in [6.45, 7) is 5.08. The van der Waals surface area contributed by atoms with Gasteiger partial charge in [0.15, 0.2) is 12.4 Å². The predicted octanol–water partition coefficient (Wildman–Crippen LogP) is -0.621. The third-order valence-electron chi connectivity index (χ3n) is 2.63. The maximum Gasteiger partial charge on any atom is 0.259 e. The molecule has 0 saturated heterocycles. The number of anilines is 1. The van der Waals surface area contributed by atoms with Crippen LogP contribution < -0.4 is 21.9 Å². The molecule has 1 heterocycles. The predicted molar refractivity (Wildman–Crippen MR) is 66.5 cm³/mol. The Labute approximate surface area is 111 Å². The summed E-state index contributed by atoms with van der Waals surface area (Å²) in [5.41, 5.74) is 1.21. The van der Waals surface area contributed by atoms with Crippen LogP contribution in [-0.2, 0) is 4.74 Å². The van der Waals surface area contributed by atoms with Crippen molar-refractivity contribution < 1.29 is 21.7 Å². The number of unbranched alkanes of at least 4 members (excludes halogenated alkanes) is 1. The zero-order valence-corrected chi connectivity index (χ0v) is 11.9. The topological polar surface area (TPSA) is 16.4 Å². The zero-order chi connectivity index (χ0) is 12.0. The van der Waals surface area contributed by atoms with Crippen LogP contribution >= 0.6 is 0 Å². The third-order valence-corrected chi connectivity index (χ3v) is 2.63. The average Bonchev–Trinajstić information content (AvgIpc) is 2.29. The summed E-state index contributed by atoms with van der Waals surface area (Å²) >= 11 is 0. The van der Waals surface area contributed by atoms with Crippen molar-refractivity contribution in [2.45, 2.75) is 32.9 Å². The minimum absolute atomic E-state index is 0. The highest BCUT2D eigenvalue weighted by molar-refractivity contribution is 5.41. The second-order valence-electron chi connectivity index (χ2n) is 4.22. The van der Waals surface area contributed by atoms with Gasteiger partial charge in [0.2, 0.25) is 0 Å². The molecule has 0 aliphatic rings. The maximum absolute atomic E-state index is 5.72. The van der Waals surface area contributed by atoms with Crippen LogP contribution in [0.25, 0.3) is 0 Å². The van der Waals surface area contributed by atoms with Gasteiger partial charge in [-0.05, 0) is 6.42 Å². The van der Waals surface area contributed by atoms with Crippen LogP contribution in [0.5, 0.6) is 0 Å². The number of ether oxygens (including phenoxy) is 1. The molecule has 1 atom stereocenters. The average molecular weight is 259 g/mol. The molecule has 0 aromatic carbocycles. The van der Waals surface area contributed by atoms with E-state index in [0.717, 1.165) is 13.0 Å². The molecule has 1 aromatic heterocycles. The maximum atomic E-state index is 5.72. The first-order valence-electron chi connectivity index (χ1n) is 5.95. The monoisotopic (exact) mass is 258 g/mol. The summed E-state index contributed by atoms with van der Waals surface area (Å²) in [6, 6.07) is 4.19. The Morgan fingerprint density at radius 3 is 2.35 bits per heavy atom. The number of halogens is 1. The van der Waals surface area contributed by atoms with Gasteiger partial charge >= 0.3 is 0 Å². The molecule has 17 heavy (non-hydrogen) atoms. The molecule has 1 unspecified atom stereocenters. The Hall–Kier alpha value is -0.800. The molecule has 4 heteroatoms. The van der Waals surface area contributed by atoms with Crippen molar-refractivity contribution >= 4 is 5.69 Å². The molecule has 0 bridgehead atoms. The van der Waals surface area contributed by atoms with Crippen LogP contribution in [0.4, 0.5) is 5.69 Å². The van der Waals surface area contributed by atoms with Crippen molar-refractivity contribution in [3.8, 4) is 0 Å². The Bertz CT molecular complexity index is 301. The van der Waals surface area contributed by atoms with Gasteiger partial charge < -0.3 is 22.0 Å². The minimum Gasteiger partial charge on any atom is -1.00 e. The van der Waals surface area contributed by atoms with Gasteiger partial charge in [0, 0.05) is 38.8 Å². The van der Waals surface area contributed by atoms with Gasteiger partial charge in [-0.25, -0.2) is 0 Å². The smallest absolute Gasteiger partial charge is 0.259 e. The van der Waals surface area contributed by atoms with Crippen LogP contribution in [0, 0.1) is 0 Å². The van der Waals surface area contributed by atoms with E-state index in [1.807, 2.05) is 14.1 Å². The Balaban J connectivity index is 0.00000256. The molecule has 0 fully saturated rings. The number of hydrogen-bond donors (Lipinski definition) is 0. The number of rotatable bonds is 6. The zero-order valence-electron chi connectivity index (χ0n) is 11.2. The van der Waals surface area contributed by atoms with Gasteiger partial charge in [-0.1, -0.05) is 13.3 Å². The molecular formula is C13H23ClN2O. The number of aromatic nitrogens is 1. The fraction of sp³-hybridized carbons (Fsp3) is 0.615. The largest absolute Gasteiger partial charge is 1.00 e. The van der Waals surface area contributed by atoms with Gasteiger partial charge in [-0.2, -0.15) is 4.57 Å². The van der Waals surface area contributed by atoms with Crippen molar-refractivity contribution in [2.75, 3.05) is 25.6 Å². The Morgan fingerprint density at radius 1 is 1.29 bits per heavy atom. The Morgan fingerprint density at radius 2 is 1.88 bits per heavy atom. The fourth-order valence-electron chi connectivity index (χ4n) is 1.45. The first-order chi connectivity index (χ1) is 7.65. The molecule has 0 saturated carbocycles. The lowest BCUT2D eigenvalue weighted by Gasteiger charge is -2.12. The van der Waals surface area contributed by atoms with E-state index < -0.39 is 0 Å². The number of nitrogens with zero attached hydrogens (tertiary/aromatic N) is 2. The Kier molecular flexibility index (Phi) is 7.92. The van der Waals surface area contributed by atoms with Crippen LogP contribution in [0.3, 0.4) is 0 Å². The number of hydrogen-bond acceptors (Lipinski definition) is 2. The van der Waals surface area contributed by atoms with Crippen LogP contribution in [-0.4, -0.2) is 20.7 Å². The highest BCUT2D eigenvalue weighted by atomic mass is 35.5. The lowest BCUT2D eigenvalue weighted by Crippen LogP contribution is -3.00. The van der Waals surface area contributed by atoms with Crippen molar-refractivity contribution in [2.24, 2.45) is 0 Å². The molecule has 0 aliphatic heterocycles. The summed E-state index contributed by atoms with van der Waals surface area (Å²) in [6.07, 6.45) is 6.54. The van der Waals surface area contributed by atoms with Gasteiger partial charge in [0.1, 0.15) is 0 Å². The van der Waals surface area contributed by atoms with E-state index in [2.05, 4.69) is 47.8 Å². The molecule has 0 N–H and O–H groups in total. The van der Waals surface area contributed by atoms with E-state index in [1.54, 1.807) is 0 Å². The van der Waals surface area contributed by atoms with Crippen LogP contribution in [0.2, 0.25) is 0 Å². The molecule has 0 amide bonds. The van der Waals surface area contributed by atoms with Crippen molar-refractivity contribution in [3.63, 3.8) is 0 Å². The summed E-state index contributed by atoms with van der Waals surface area (Å²) in [4.78, 5) is 2.09. The van der Waals surface area contributed by atoms with E-state index in [1.165, 1.54) is 12.1 Å². The molecule has 0 aliphatic carbocycles. The van der Waals surface area contributed by atoms with E-state index in [9.17, 15) is 0 Å². The highest BCUT2D eigenvalue weighted by Gasteiger charge is 2.11. The third kappa shape index (κ3) is 5.37. The highest BCUT2D eigenvalue weighted by Crippen LogP contribution is 2.08. The molecular weight excluding hydrogens is 236 g/mol. The summed E-state index contributed by atoms with van der Waals surface area (Å²) in [5.74, 6) is 0. The van der Waals surface area contributed by atoms with Gasteiger partial charge in [0.05, 0.1) is 6.61 Å². The SMILES string of the molecule is CCCCOC(C)[n+]1ccc(N(C)C)cc1.[Cl-]. The van der Waals surface area contributed by atoms with E-state index >= 15 is 0 Å². The fourth-order valence-corrected chi connectivity index (χ4v) is 1.45. The van der Waals surface area contributed by atoms with Gasteiger partial charge in [-0.3, -0.25) is 0 Å². The lowest BCUT2D eigenvalue weighted by molar-refractivity contribution is -0.758. The standard InChI is InChI=1S/C13H23N2O.ClH/c1-5-6-11-16-12(2)15-9-7-13(8-10-15)14(3)4;/h7-10,12H,5-6,11H2,1-4H3;1H/q+1;/p-1. The minimum atomic E-state index is 0. The molecule has 0 spiro atoms. The summed E-state index contributed by atoms with van der Waals surface area (Å²) < 4.78 is 7.80. The number of pyridine rings is 1. The molecule has 1 rings (SSSR count). The first kappa shape index (κ1) is 16.2. The normalized spacial score (nSPS) is 11.8. The summed E-state index contributed by atoms with van der Waals surface area (Å²) in [5, 5.41) is 0. The van der Waals surface area contributed by atoms with E-state index in [0.29, 0.717) is 0 Å².